The largest absolute Gasteiger partial charge is 0.284 e. The molecular weight excluding hydrogens is 518 g/mol. The predicted molar refractivity (Wildman–Crippen MR) is 169 cm³/mol. The van der Waals surface area contributed by atoms with Gasteiger partial charge in [0.05, 0.1) is 16.6 Å². The van der Waals surface area contributed by atoms with Crippen molar-refractivity contribution >= 4 is 29.5 Å². The van der Waals surface area contributed by atoms with Crippen molar-refractivity contribution in [3.63, 3.8) is 0 Å². The summed E-state index contributed by atoms with van der Waals surface area (Å²) in [5.74, 6) is 1.72. The normalized spacial score (nSPS) is 23.0. The van der Waals surface area contributed by atoms with E-state index >= 15 is 0 Å². The van der Waals surface area contributed by atoms with Gasteiger partial charge in [-0.05, 0) is 55.2 Å². The Kier molecular flexibility index (Phi) is 5.25. The average molecular weight is 550 g/mol. The molecule has 5 aliphatic rings. The number of nitrogens with zero attached hydrogens (tertiary/aromatic N) is 3. The third-order valence-corrected chi connectivity index (χ3v) is 10.9. The summed E-state index contributed by atoms with van der Waals surface area (Å²) in [6.45, 7) is 2.33. The number of hydrogen-bond donors (Lipinski definition) is 0. The smallest absolute Gasteiger partial charge is 0.235 e. The summed E-state index contributed by atoms with van der Waals surface area (Å²) in [7, 11) is 0. The number of aryl methyl sites for hydroxylation is 1. The zero-order valence-corrected chi connectivity index (χ0v) is 24.0. The molecule has 3 unspecified atom stereocenters. The number of benzene rings is 2. The van der Waals surface area contributed by atoms with Gasteiger partial charge in [-0.25, -0.2) is 9.97 Å². The molecule has 0 amide bonds. The van der Waals surface area contributed by atoms with Gasteiger partial charge < -0.3 is 0 Å². The minimum absolute atomic E-state index is 0.321. The fraction of sp³-hybridized carbons (Fsp3) is 0.243. The second-order valence-electron chi connectivity index (χ2n) is 12.0. The Morgan fingerprint density at radius 1 is 0.854 bits per heavy atom. The molecule has 0 N–H and O–H groups in total. The van der Waals surface area contributed by atoms with Gasteiger partial charge in [-0.15, -0.1) is 11.8 Å². The Morgan fingerprint density at radius 3 is 2.61 bits per heavy atom. The molecule has 0 bridgehead atoms. The zero-order chi connectivity index (χ0) is 27.1. The van der Waals surface area contributed by atoms with Gasteiger partial charge in [-0.1, -0.05) is 97.5 Å². The summed E-state index contributed by atoms with van der Waals surface area (Å²) in [5, 5.41) is 0.321. The Morgan fingerprint density at radius 2 is 1.68 bits per heavy atom. The van der Waals surface area contributed by atoms with E-state index in [1.54, 1.807) is 5.57 Å². The first-order valence-electron chi connectivity index (χ1n) is 15.0. The fourth-order valence-electron chi connectivity index (χ4n) is 7.71. The van der Waals surface area contributed by atoms with E-state index in [2.05, 4.69) is 114 Å². The monoisotopic (exact) mass is 549 g/mol. The van der Waals surface area contributed by atoms with Crippen LogP contribution in [0.1, 0.15) is 76.7 Å². The molecule has 4 aromatic rings. The maximum atomic E-state index is 5.44. The Hall–Kier alpha value is -3.89. The quantitative estimate of drug-likeness (QED) is 0.250. The van der Waals surface area contributed by atoms with Gasteiger partial charge >= 0.3 is 0 Å². The molecule has 1 aliphatic heterocycles. The van der Waals surface area contributed by atoms with Gasteiger partial charge in [0.25, 0.3) is 0 Å². The van der Waals surface area contributed by atoms with E-state index in [1.165, 1.54) is 49.8 Å². The number of fused-ring (bicyclic) bond motifs is 10. The van der Waals surface area contributed by atoms with Crippen molar-refractivity contribution in [1.29, 1.82) is 0 Å². The van der Waals surface area contributed by atoms with Crippen LogP contribution in [0.5, 0.6) is 0 Å². The van der Waals surface area contributed by atoms with E-state index in [-0.39, 0.29) is 0 Å². The van der Waals surface area contributed by atoms with Crippen LogP contribution in [0.25, 0.3) is 34.9 Å². The lowest BCUT2D eigenvalue weighted by atomic mass is 9.73. The lowest BCUT2D eigenvalue weighted by Gasteiger charge is -2.33. The molecule has 0 radical (unpaired) electrons. The molecule has 0 spiro atoms. The molecule has 2 aromatic heterocycles. The van der Waals surface area contributed by atoms with Crippen LogP contribution in [0.15, 0.2) is 89.4 Å². The van der Waals surface area contributed by atoms with Crippen LogP contribution in [0.2, 0.25) is 0 Å². The van der Waals surface area contributed by atoms with Crippen LogP contribution in [0, 0.1) is 5.92 Å². The topological polar surface area (TPSA) is 30.7 Å². The van der Waals surface area contributed by atoms with Gasteiger partial charge in [0.15, 0.2) is 0 Å². The molecule has 41 heavy (non-hydrogen) atoms. The highest BCUT2D eigenvalue weighted by Crippen LogP contribution is 2.64. The molecule has 2 aromatic carbocycles. The standard InChI is InChI=1S/C37H31N3S/c1-22-19-20-27-30(21-22)40(37-38-29-17-9-7-15-26(29)34(39-37)23-11-3-2-4-12-23)35-32(27)24-13-5-6-14-25(24)33-28-16-8-10-18-31(28)41-36(33)35/h2-5,7-8,10-13,15-16,18-20,22,33,36H,6,9,14,17,21H2,1H3. The third-order valence-electron chi connectivity index (χ3n) is 9.48. The van der Waals surface area contributed by atoms with Crippen molar-refractivity contribution in [2.24, 2.45) is 5.92 Å². The third kappa shape index (κ3) is 3.47. The summed E-state index contributed by atoms with van der Waals surface area (Å²) >= 11 is 2.05. The van der Waals surface area contributed by atoms with Gasteiger partial charge in [0.1, 0.15) is 0 Å². The lowest BCUT2D eigenvalue weighted by molar-refractivity contribution is 0.649. The van der Waals surface area contributed by atoms with E-state index in [0.29, 0.717) is 17.1 Å². The van der Waals surface area contributed by atoms with Gasteiger partial charge in [0, 0.05) is 44.5 Å². The maximum Gasteiger partial charge on any atom is 0.235 e. The zero-order valence-electron chi connectivity index (χ0n) is 23.2. The molecule has 9 rings (SSSR count). The van der Waals surface area contributed by atoms with Crippen molar-refractivity contribution in [3.05, 3.63) is 124 Å². The van der Waals surface area contributed by atoms with Crippen LogP contribution in [0.4, 0.5) is 0 Å². The lowest BCUT2D eigenvalue weighted by Crippen LogP contribution is -2.21. The van der Waals surface area contributed by atoms with Crippen LogP contribution >= 0.6 is 11.8 Å². The average Bonchev–Trinajstić information content (AvgIpc) is 3.57. The van der Waals surface area contributed by atoms with E-state index in [4.69, 9.17) is 9.97 Å². The van der Waals surface area contributed by atoms with E-state index in [1.807, 2.05) is 0 Å². The Labute approximate surface area is 245 Å². The van der Waals surface area contributed by atoms with Crippen LogP contribution in [-0.4, -0.2) is 14.5 Å². The number of hydrogen-bond acceptors (Lipinski definition) is 3. The summed E-state index contributed by atoms with van der Waals surface area (Å²) in [5.41, 5.74) is 14.7. The highest BCUT2D eigenvalue weighted by atomic mass is 32.2. The second-order valence-corrected chi connectivity index (χ2v) is 13.2. The van der Waals surface area contributed by atoms with Crippen LogP contribution in [-0.2, 0) is 12.8 Å². The molecule has 0 fully saturated rings. The van der Waals surface area contributed by atoms with Crippen LogP contribution < -0.4 is 0 Å². The molecule has 4 heteroatoms. The maximum absolute atomic E-state index is 5.44. The molecule has 3 heterocycles. The van der Waals surface area contributed by atoms with Gasteiger partial charge in [-0.3, -0.25) is 4.57 Å². The first kappa shape index (κ1) is 23.8. The van der Waals surface area contributed by atoms with Crippen molar-refractivity contribution in [2.45, 2.75) is 55.1 Å². The van der Waals surface area contributed by atoms with Crippen molar-refractivity contribution < 1.29 is 0 Å². The molecule has 200 valence electrons. The second kappa shape index (κ2) is 9.06. The molecule has 0 saturated carbocycles. The Bertz CT molecular complexity index is 1870. The minimum Gasteiger partial charge on any atom is -0.284 e. The number of rotatable bonds is 2. The molecule has 3 atom stereocenters. The number of aromatic nitrogens is 3. The van der Waals surface area contributed by atoms with Crippen molar-refractivity contribution in [1.82, 2.24) is 14.5 Å². The van der Waals surface area contributed by atoms with Gasteiger partial charge in [-0.2, -0.15) is 0 Å². The van der Waals surface area contributed by atoms with Crippen molar-refractivity contribution in [3.8, 4) is 17.2 Å². The summed E-state index contributed by atoms with van der Waals surface area (Å²) in [6, 6.07) is 19.8. The SMILES string of the molecule is CC1C=Cc2c3c(n(-c4nc5c(c(-c6ccccc6)n4)C=CCC5)c2C1)C1Sc2ccccc2C1C1=C3C=CCC1. The fourth-order valence-corrected chi connectivity index (χ4v) is 9.25. The van der Waals surface area contributed by atoms with E-state index in [0.717, 1.165) is 49.3 Å². The highest BCUT2D eigenvalue weighted by molar-refractivity contribution is 8.00. The minimum atomic E-state index is 0.321. The first-order valence-corrected chi connectivity index (χ1v) is 15.9. The van der Waals surface area contributed by atoms with Gasteiger partial charge in [0.2, 0.25) is 5.95 Å². The highest BCUT2D eigenvalue weighted by Gasteiger charge is 2.46. The summed E-state index contributed by atoms with van der Waals surface area (Å²) in [4.78, 5) is 12.2. The number of allylic oxidation sites excluding steroid dienone is 6. The number of thioether (sulfide) groups is 1. The van der Waals surface area contributed by atoms with E-state index < -0.39 is 0 Å². The predicted octanol–water partition coefficient (Wildman–Crippen LogP) is 9.15. The summed E-state index contributed by atoms with van der Waals surface area (Å²) in [6.07, 6.45) is 19.3. The molecule has 3 nitrogen and oxygen atoms in total. The molecule has 4 aliphatic carbocycles. The molecular formula is C37H31N3S. The Balaban J connectivity index is 1.36. The van der Waals surface area contributed by atoms with E-state index in [9.17, 15) is 0 Å². The molecule has 0 saturated heterocycles. The summed E-state index contributed by atoms with van der Waals surface area (Å²) < 4.78 is 2.51. The van der Waals surface area contributed by atoms with Crippen molar-refractivity contribution in [2.75, 3.05) is 0 Å². The first-order chi connectivity index (χ1) is 20.3. The van der Waals surface area contributed by atoms with Crippen LogP contribution in [0.3, 0.4) is 0 Å².